The van der Waals surface area contributed by atoms with Gasteiger partial charge in [0.05, 0.1) is 17.3 Å². The molecule has 2 fully saturated rings. The minimum Gasteiger partial charge on any atom is -0.352 e. The fourth-order valence-electron chi connectivity index (χ4n) is 4.11. The van der Waals surface area contributed by atoms with Crippen LogP contribution in [-0.4, -0.2) is 52.4 Å². The molecule has 1 amide bonds. The SMILES string of the molecule is O=C(CSc1nnc(Cc2cccs2)n1C1CCCCC1)N[C@H]1CCS(=O)(=O)C1. The Morgan fingerprint density at radius 1 is 1.24 bits per heavy atom. The molecule has 1 aliphatic heterocycles. The molecule has 2 aliphatic rings. The summed E-state index contributed by atoms with van der Waals surface area (Å²) in [7, 11) is -3.00. The van der Waals surface area contributed by atoms with Gasteiger partial charge < -0.3 is 9.88 Å². The molecule has 29 heavy (non-hydrogen) atoms. The smallest absolute Gasteiger partial charge is 0.230 e. The molecule has 158 valence electrons. The van der Waals surface area contributed by atoms with E-state index in [1.54, 1.807) is 11.3 Å². The summed E-state index contributed by atoms with van der Waals surface area (Å²) >= 11 is 3.11. The molecule has 0 spiro atoms. The van der Waals surface area contributed by atoms with Gasteiger partial charge in [0.2, 0.25) is 5.91 Å². The van der Waals surface area contributed by atoms with Crippen LogP contribution in [0.25, 0.3) is 0 Å². The fourth-order valence-corrected chi connectivity index (χ4v) is 7.32. The van der Waals surface area contributed by atoms with E-state index in [9.17, 15) is 13.2 Å². The van der Waals surface area contributed by atoms with E-state index in [4.69, 9.17) is 0 Å². The molecule has 7 nitrogen and oxygen atoms in total. The van der Waals surface area contributed by atoms with Crippen molar-refractivity contribution in [2.24, 2.45) is 0 Å². The zero-order chi connectivity index (χ0) is 20.3. The van der Waals surface area contributed by atoms with Crippen molar-refractivity contribution in [2.75, 3.05) is 17.3 Å². The summed E-state index contributed by atoms with van der Waals surface area (Å²) in [6.45, 7) is 0. The summed E-state index contributed by atoms with van der Waals surface area (Å²) in [6.07, 6.45) is 7.19. The molecular formula is C19H26N4O3S3. The van der Waals surface area contributed by atoms with E-state index in [2.05, 4.69) is 31.5 Å². The maximum atomic E-state index is 12.4. The largest absolute Gasteiger partial charge is 0.352 e. The van der Waals surface area contributed by atoms with Crippen LogP contribution in [0.2, 0.25) is 0 Å². The summed E-state index contributed by atoms with van der Waals surface area (Å²) in [5.74, 6) is 1.25. The highest BCUT2D eigenvalue weighted by Gasteiger charge is 2.29. The Bertz CT molecular complexity index is 934. The number of sulfone groups is 1. The zero-order valence-electron chi connectivity index (χ0n) is 16.2. The molecule has 1 N–H and O–H groups in total. The molecule has 2 aromatic rings. The number of nitrogens with one attached hydrogen (secondary N) is 1. The van der Waals surface area contributed by atoms with Gasteiger partial charge in [-0.3, -0.25) is 4.79 Å². The van der Waals surface area contributed by atoms with E-state index >= 15 is 0 Å². The third-order valence-electron chi connectivity index (χ3n) is 5.52. The predicted molar refractivity (Wildman–Crippen MR) is 115 cm³/mol. The maximum absolute atomic E-state index is 12.4. The molecule has 1 aliphatic carbocycles. The summed E-state index contributed by atoms with van der Waals surface area (Å²) in [4.78, 5) is 13.6. The molecule has 1 saturated carbocycles. The van der Waals surface area contributed by atoms with Gasteiger partial charge in [-0.2, -0.15) is 0 Å². The lowest BCUT2D eigenvalue weighted by molar-refractivity contribution is -0.119. The minimum absolute atomic E-state index is 0.0482. The number of thiophene rings is 1. The molecule has 10 heteroatoms. The van der Waals surface area contributed by atoms with Gasteiger partial charge >= 0.3 is 0 Å². The number of carbonyl (C=O) groups is 1. The third-order valence-corrected chi connectivity index (χ3v) is 9.10. The average Bonchev–Trinajstić information content (AvgIpc) is 3.42. The number of carbonyl (C=O) groups excluding carboxylic acids is 1. The number of thioether (sulfide) groups is 1. The Hall–Kier alpha value is -1.39. The van der Waals surface area contributed by atoms with Crippen molar-refractivity contribution in [3.63, 3.8) is 0 Å². The lowest BCUT2D eigenvalue weighted by Crippen LogP contribution is -2.36. The maximum Gasteiger partial charge on any atom is 0.230 e. The first-order valence-corrected chi connectivity index (χ1v) is 13.8. The van der Waals surface area contributed by atoms with E-state index < -0.39 is 9.84 Å². The van der Waals surface area contributed by atoms with Gasteiger partial charge in [0.25, 0.3) is 0 Å². The number of hydrogen-bond donors (Lipinski definition) is 1. The van der Waals surface area contributed by atoms with E-state index in [0.717, 1.165) is 30.2 Å². The van der Waals surface area contributed by atoms with Gasteiger partial charge in [-0.05, 0) is 30.7 Å². The van der Waals surface area contributed by atoms with E-state index in [0.29, 0.717) is 12.5 Å². The number of nitrogens with zero attached hydrogens (tertiary/aromatic N) is 3. The van der Waals surface area contributed by atoms with Crippen LogP contribution >= 0.6 is 23.1 Å². The summed E-state index contributed by atoms with van der Waals surface area (Å²) in [5, 5.41) is 14.6. The summed E-state index contributed by atoms with van der Waals surface area (Å²) in [6, 6.07) is 4.28. The number of hydrogen-bond acceptors (Lipinski definition) is 7. The molecule has 1 atom stereocenters. The van der Waals surface area contributed by atoms with Gasteiger partial charge in [-0.15, -0.1) is 21.5 Å². The molecule has 0 aromatic carbocycles. The molecule has 3 heterocycles. The topological polar surface area (TPSA) is 93.9 Å². The van der Waals surface area contributed by atoms with Crippen LogP contribution in [0.4, 0.5) is 0 Å². The summed E-state index contributed by atoms with van der Waals surface area (Å²) in [5.41, 5.74) is 0. The van der Waals surface area contributed by atoms with Crippen LogP contribution in [-0.2, 0) is 21.1 Å². The Labute approximate surface area is 179 Å². The van der Waals surface area contributed by atoms with Crippen LogP contribution in [0.3, 0.4) is 0 Å². The Morgan fingerprint density at radius 2 is 2.07 bits per heavy atom. The Morgan fingerprint density at radius 3 is 2.76 bits per heavy atom. The van der Waals surface area contributed by atoms with Gasteiger partial charge in [0.1, 0.15) is 5.82 Å². The van der Waals surface area contributed by atoms with Crippen LogP contribution in [0.15, 0.2) is 22.7 Å². The first-order chi connectivity index (χ1) is 14.0. The lowest BCUT2D eigenvalue weighted by atomic mass is 9.95. The number of aromatic nitrogens is 3. The molecule has 4 rings (SSSR count). The quantitative estimate of drug-likeness (QED) is 0.647. The van der Waals surface area contributed by atoms with Crippen molar-refractivity contribution in [2.45, 2.75) is 62.2 Å². The van der Waals surface area contributed by atoms with Crippen molar-refractivity contribution in [1.29, 1.82) is 0 Å². The Kier molecular flexibility index (Phi) is 6.60. The highest BCUT2D eigenvalue weighted by atomic mass is 32.2. The monoisotopic (exact) mass is 454 g/mol. The van der Waals surface area contributed by atoms with Crippen LogP contribution in [0.1, 0.15) is 55.3 Å². The second kappa shape index (κ2) is 9.18. The summed E-state index contributed by atoms with van der Waals surface area (Å²) < 4.78 is 25.4. The first-order valence-electron chi connectivity index (χ1n) is 10.1. The molecule has 2 aromatic heterocycles. The average molecular weight is 455 g/mol. The van der Waals surface area contributed by atoms with E-state index in [-0.39, 0.29) is 29.2 Å². The highest BCUT2D eigenvalue weighted by Crippen LogP contribution is 2.33. The lowest BCUT2D eigenvalue weighted by Gasteiger charge is -2.25. The number of amides is 1. The van der Waals surface area contributed by atoms with Crippen molar-refractivity contribution >= 4 is 38.8 Å². The predicted octanol–water partition coefficient (Wildman–Crippen LogP) is 2.83. The van der Waals surface area contributed by atoms with Gasteiger partial charge in [-0.1, -0.05) is 37.1 Å². The molecule has 0 radical (unpaired) electrons. The number of rotatable bonds is 7. The molecule has 0 unspecified atom stereocenters. The highest BCUT2D eigenvalue weighted by molar-refractivity contribution is 7.99. The first kappa shape index (κ1) is 20.9. The fraction of sp³-hybridized carbons (Fsp3) is 0.632. The molecular weight excluding hydrogens is 428 g/mol. The van der Waals surface area contributed by atoms with Gasteiger partial charge in [0.15, 0.2) is 15.0 Å². The van der Waals surface area contributed by atoms with Crippen LogP contribution in [0, 0.1) is 0 Å². The normalized spacial score (nSPS) is 22.0. The standard InChI is InChI=1S/C19H26N4O3S3/c24-18(20-14-8-10-29(25,26)13-14)12-28-19-22-21-17(11-16-7-4-9-27-16)23(19)15-5-2-1-3-6-15/h4,7,9,14-15H,1-3,5-6,8,10-13H2,(H,20,24)/t14-/m0/s1. The molecule has 0 bridgehead atoms. The second-order valence-corrected chi connectivity index (χ2v) is 12.0. The van der Waals surface area contributed by atoms with Gasteiger partial charge in [0, 0.05) is 23.4 Å². The van der Waals surface area contributed by atoms with Gasteiger partial charge in [-0.25, -0.2) is 8.42 Å². The van der Waals surface area contributed by atoms with E-state index in [1.807, 2.05) is 6.07 Å². The van der Waals surface area contributed by atoms with E-state index in [1.165, 1.54) is 35.9 Å². The van der Waals surface area contributed by atoms with Crippen LogP contribution < -0.4 is 5.32 Å². The van der Waals surface area contributed by atoms with Crippen molar-refractivity contribution < 1.29 is 13.2 Å². The Balaban J connectivity index is 1.43. The van der Waals surface area contributed by atoms with Crippen molar-refractivity contribution in [1.82, 2.24) is 20.1 Å². The second-order valence-electron chi connectivity index (χ2n) is 7.77. The van der Waals surface area contributed by atoms with Crippen molar-refractivity contribution in [3.05, 3.63) is 28.2 Å². The zero-order valence-corrected chi connectivity index (χ0v) is 18.7. The van der Waals surface area contributed by atoms with Crippen molar-refractivity contribution in [3.8, 4) is 0 Å². The van der Waals surface area contributed by atoms with Crippen LogP contribution in [0.5, 0.6) is 0 Å². The molecule has 1 saturated heterocycles. The minimum atomic E-state index is -3.00. The third kappa shape index (κ3) is 5.40.